The zero-order valence-corrected chi connectivity index (χ0v) is 19.9. The lowest BCUT2D eigenvalue weighted by molar-refractivity contribution is -0.139. The highest BCUT2D eigenvalue weighted by molar-refractivity contribution is 7.99. The summed E-state index contributed by atoms with van der Waals surface area (Å²) >= 11 is 13.9. The number of thioether (sulfide) groups is 1. The molecular weight excluding hydrogens is 439 g/mol. The molecule has 0 saturated heterocycles. The fourth-order valence-electron chi connectivity index (χ4n) is 3.21. The third-order valence-corrected chi connectivity index (χ3v) is 6.36. The van der Waals surface area contributed by atoms with Crippen molar-refractivity contribution in [3.8, 4) is 0 Å². The summed E-state index contributed by atoms with van der Waals surface area (Å²) in [7, 11) is 0. The van der Waals surface area contributed by atoms with E-state index in [9.17, 15) is 9.59 Å². The highest BCUT2D eigenvalue weighted by Gasteiger charge is 2.28. The van der Waals surface area contributed by atoms with E-state index >= 15 is 0 Å². The summed E-state index contributed by atoms with van der Waals surface area (Å²) in [6, 6.07) is 12.9. The molecule has 0 spiro atoms. The molecule has 0 aliphatic heterocycles. The monoisotopic (exact) mass is 466 g/mol. The van der Waals surface area contributed by atoms with Gasteiger partial charge in [-0.05, 0) is 43.5 Å². The van der Waals surface area contributed by atoms with Crippen LogP contribution in [0.4, 0.5) is 0 Å². The summed E-state index contributed by atoms with van der Waals surface area (Å²) in [5, 5.41) is 4.03. The van der Waals surface area contributed by atoms with Crippen molar-refractivity contribution in [1.82, 2.24) is 10.2 Å². The van der Waals surface area contributed by atoms with Crippen molar-refractivity contribution >= 4 is 46.8 Å². The van der Waals surface area contributed by atoms with Crippen molar-refractivity contribution in [2.45, 2.75) is 45.5 Å². The van der Waals surface area contributed by atoms with Gasteiger partial charge in [0.05, 0.1) is 5.75 Å². The maximum atomic E-state index is 13.2. The first-order chi connectivity index (χ1) is 14.4. The summed E-state index contributed by atoms with van der Waals surface area (Å²) in [6.45, 7) is 6.73. The van der Waals surface area contributed by atoms with Crippen molar-refractivity contribution in [3.63, 3.8) is 0 Å². The van der Waals surface area contributed by atoms with Gasteiger partial charge >= 0.3 is 0 Å². The second kappa shape index (κ2) is 12.2. The number of halogens is 2. The predicted molar refractivity (Wildman–Crippen MR) is 127 cm³/mol. The summed E-state index contributed by atoms with van der Waals surface area (Å²) in [4.78, 5) is 27.5. The number of hydrogen-bond acceptors (Lipinski definition) is 3. The van der Waals surface area contributed by atoms with E-state index in [4.69, 9.17) is 23.2 Å². The maximum absolute atomic E-state index is 13.2. The molecule has 0 radical (unpaired) electrons. The number of carbonyl (C=O) groups excluding carboxylic acids is 2. The van der Waals surface area contributed by atoms with Crippen molar-refractivity contribution in [3.05, 3.63) is 69.2 Å². The van der Waals surface area contributed by atoms with Crippen molar-refractivity contribution < 1.29 is 9.59 Å². The second-order valence-electron chi connectivity index (χ2n) is 7.02. The SMILES string of the molecule is CCNC(=O)[C@H](CC)N(Cc1cccc(C)c1)C(=O)CSCc1c(Cl)cccc1Cl. The fraction of sp³-hybridized carbons (Fsp3) is 0.391. The second-order valence-corrected chi connectivity index (χ2v) is 8.82. The third-order valence-electron chi connectivity index (χ3n) is 4.71. The zero-order valence-electron chi connectivity index (χ0n) is 17.6. The van der Waals surface area contributed by atoms with Gasteiger partial charge in [0.15, 0.2) is 0 Å². The molecule has 0 aromatic heterocycles. The number of amides is 2. The summed E-state index contributed by atoms with van der Waals surface area (Å²) in [5.74, 6) is 0.562. The zero-order chi connectivity index (χ0) is 22.1. The number of nitrogens with zero attached hydrogens (tertiary/aromatic N) is 1. The standard InChI is InChI=1S/C23H28Cl2N2O2S/c1-4-21(23(29)26-5-2)27(13-17-9-6-8-16(3)12-17)22(28)15-30-14-18-19(24)10-7-11-20(18)25/h6-12,21H,4-5,13-15H2,1-3H3,(H,26,29)/t21-/m0/s1. The van der Waals surface area contributed by atoms with E-state index in [2.05, 4.69) is 5.32 Å². The topological polar surface area (TPSA) is 49.4 Å². The first kappa shape index (κ1) is 24.6. The van der Waals surface area contributed by atoms with E-state index in [0.29, 0.717) is 35.3 Å². The number of aryl methyl sites for hydroxylation is 1. The first-order valence-electron chi connectivity index (χ1n) is 10.0. The van der Waals surface area contributed by atoms with Gasteiger partial charge in [-0.25, -0.2) is 0 Å². The van der Waals surface area contributed by atoms with Crippen molar-refractivity contribution in [2.75, 3.05) is 12.3 Å². The molecule has 0 saturated carbocycles. The van der Waals surface area contributed by atoms with E-state index in [0.717, 1.165) is 16.7 Å². The number of hydrogen-bond donors (Lipinski definition) is 1. The number of benzene rings is 2. The first-order valence-corrected chi connectivity index (χ1v) is 11.9. The van der Waals surface area contributed by atoms with Gasteiger partial charge < -0.3 is 10.2 Å². The van der Waals surface area contributed by atoms with Crippen LogP contribution in [0.2, 0.25) is 10.0 Å². The molecule has 0 aliphatic rings. The van der Waals surface area contributed by atoms with Gasteiger partial charge in [-0.15, -0.1) is 11.8 Å². The molecule has 2 rings (SSSR count). The summed E-state index contributed by atoms with van der Waals surface area (Å²) in [5.41, 5.74) is 2.94. The Bertz CT molecular complexity index is 856. The van der Waals surface area contributed by atoms with Gasteiger partial charge in [-0.1, -0.05) is 66.0 Å². The van der Waals surface area contributed by atoms with Crippen LogP contribution in [0, 0.1) is 6.92 Å². The Hall–Kier alpha value is -1.69. The van der Waals surface area contributed by atoms with E-state index in [1.165, 1.54) is 11.8 Å². The Balaban J connectivity index is 2.15. The average Bonchev–Trinajstić information content (AvgIpc) is 2.70. The number of likely N-dealkylation sites (N-methyl/N-ethyl adjacent to an activating group) is 1. The molecule has 4 nitrogen and oxygen atoms in total. The fourth-order valence-corrected chi connectivity index (χ4v) is 4.86. The van der Waals surface area contributed by atoms with Crippen LogP contribution in [0.25, 0.3) is 0 Å². The molecule has 0 unspecified atom stereocenters. The summed E-state index contributed by atoms with van der Waals surface area (Å²) in [6.07, 6.45) is 0.546. The molecule has 7 heteroatoms. The predicted octanol–water partition coefficient (Wildman–Crippen LogP) is 5.48. The Kier molecular flexibility index (Phi) is 10.0. The molecular formula is C23H28Cl2N2O2S. The van der Waals surface area contributed by atoms with Crippen LogP contribution in [-0.2, 0) is 21.9 Å². The minimum Gasteiger partial charge on any atom is -0.355 e. The lowest BCUT2D eigenvalue weighted by Crippen LogP contribution is -2.49. The minimum atomic E-state index is -0.512. The lowest BCUT2D eigenvalue weighted by atomic mass is 10.1. The van der Waals surface area contributed by atoms with Crippen LogP contribution in [0.1, 0.15) is 37.0 Å². The van der Waals surface area contributed by atoms with Gasteiger partial charge in [-0.3, -0.25) is 9.59 Å². The van der Waals surface area contributed by atoms with Crippen LogP contribution < -0.4 is 5.32 Å². The number of carbonyl (C=O) groups is 2. The molecule has 30 heavy (non-hydrogen) atoms. The molecule has 0 aliphatic carbocycles. The molecule has 1 N–H and O–H groups in total. The highest BCUT2D eigenvalue weighted by atomic mass is 35.5. The summed E-state index contributed by atoms with van der Waals surface area (Å²) < 4.78 is 0. The van der Waals surface area contributed by atoms with Gasteiger partial charge in [-0.2, -0.15) is 0 Å². The van der Waals surface area contributed by atoms with Crippen LogP contribution in [-0.4, -0.2) is 35.1 Å². The molecule has 2 aromatic carbocycles. The Morgan fingerprint density at radius 3 is 2.37 bits per heavy atom. The third kappa shape index (κ3) is 6.93. The van der Waals surface area contributed by atoms with Gasteiger partial charge in [0.1, 0.15) is 6.04 Å². The molecule has 2 amide bonds. The molecule has 0 fully saturated rings. The maximum Gasteiger partial charge on any atom is 0.242 e. The van der Waals surface area contributed by atoms with E-state index in [1.807, 2.05) is 45.0 Å². The van der Waals surface area contributed by atoms with E-state index in [1.54, 1.807) is 23.1 Å². The Morgan fingerprint density at radius 2 is 1.77 bits per heavy atom. The highest BCUT2D eigenvalue weighted by Crippen LogP contribution is 2.28. The van der Waals surface area contributed by atoms with Crippen molar-refractivity contribution in [1.29, 1.82) is 0 Å². The largest absolute Gasteiger partial charge is 0.355 e. The van der Waals surface area contributed by atoms with Gasteiger partial charge in [0.25, 0.3) is 0 Å². The average molecular weight is 467 g/mol. The van der Waals surface area contributed by atoms with Crippen LogP contribution in [0.5, 0.6) is 0 Å². The molecule has 1 atom stereocenters. The quantitative estimate of drug-likeness (QED) is 0.504. The van der Waals surface area contributed by atoms with Gasteiger partial charge in [0, 0.05) is 28.9 Å². The molecule has 0 bridgehead atoms. The molecule has 162 valence electrons. The smallest absolute Gasteiger partial charge is 0.242 e. The van der Waals surface area contributed by atoms with E-state index in [-0.39, 0.29) is 17.6 Å². The van der Waals surface area contributed by atoms with E-state index < -0.39 is 6.04 Å². The normalized spacial score (nSPS) is 11.8. The Labute approximate surface area is 193 Å². The number of rotatable bonds is 10. The Morgan fingerprint density at radius 1 is 1.10 bits per heavy atom. The van der Waals surface area contributed by atoms with Crippen molar-refractivity contribution in [2.24, 2.45) is 0 Å². The molecule has 0 heterocycles. The minimum absolute atomic E-state index is 0.0808. The van der Waals surface area contributed by atoms with Crippen LogP contribution >= 0.6 is 35.0 Å². The lowest BCUT2D eigenvalue weighted by Gasteiger charge is -2.30. The van der Waals surface area contributed by atoms with Crippen LogP contribution in [0.3, 0.4) is 0 Å². The number of nitrogens with one attached hydrogen (secondary N) is 1. The van der Waals surface area contributed by atoms with Gasteiger partial charge in [0.2, 0.25) is 11.8 Å². The molecule has 2 aromatic rings. The van der Waals surface area contributed by atoms with Crippen LogP contribution in [0.15, 0.2) is 42.5 Å².